The summed E-state index contributed by atoms with van der Waals surface area (Å²) in [4.78, 5) is 24.2. The number of fused-ring (bicyclic) bond motifs is 6. The van der Waals surface area contributed by atoms with Crippen molar-refractivity contribution in [3.8, 4) is 0 Å². The first kappa shape index (κ1) is 20.7. The fourth-order valence-corrected chi connectivity index (χ4v) is 5.55. The van der Waals surface area contributed by atoms with Gasteiger partial charge in [0.2, 0.25) is 11.8 Å². The molecule has 6 rings (SSSR count). The summed E-state index contributed by atoms with van der Waals surface area (Å²) in [5.74, 6) is 1.45. The first-order valence-electron chi connectivity index (χ1n) is 11.6. The molecule has 2 atom stereocenters. The molecule has 164 valence electrons. The van der Waals surface area contributed by atoms with E-state index in [4.69, 9.17) is 0 Å². The molecule has 0 amide bonds. The van der Waals surface area contributed by atoms with Crippen LogP contribution in [0.2, 0.25) is 0 Å². The van der Waals surface area contributed by atoms with Crippen LogP contribution in [0.25, 0.3) is 21.8 Å². The maximum atomic E-state index is 12.1. The SMILES string of the molecule is Cc1c2n(c3ccccc13)C(=O)C[C@@H](C)C2.Cc1c2n(c3ccccc13)C(=O)C[C@H](C)C2. The third-order valence-corrected chi connectivity index (χ3v) is 7.13. The molecule has 4 heterocycles. The van der Waals surface area contributed by atoms with E-state index >= 15 is 0 Å². The number of aryl methyl sites for hydroxylation is 2. The monoisotopic (exact) mass is 426 g/mol. The van der Waals surface area contributed by atoms with Crippen molar-refractivity contribution in [2.24, 2.45) is 11.8 Å². The number of hydrogen-bond acceptors (Lipinski definition) is 2. The van der Waals surface area contributed by atoms with Crippen molar-refractivity contribution in [2.45, 2.75) is 53.4 Å². The highest BCUT2D eigenvalue weighted by Gasteiger charge is 2.27. The molecule has 4 aromatic rings. The van der Waals surface area contributed by atoms with Crippen LogP contribution < -0.4 is 0 Å². The Balaban J connectivity index is 0.000000135. The van der Waals surface area contributed by atoms with Gasteiger partial charge in [0.1, 0.15) is 0 Å². The predicted octanol–water partition coefficient (Wildman–Crippen LogP) is 6.34. The van der Waals surface area contributed by atoms with Crippen LogP contribution in [0, 0.1) is 25.7 Å². The molecule has 4 heteroatoms. The molecule has 0 spiro atoms. The minimum Gasteiger partial charge on any atom is -0.284 e. The summed E-state index contributed by atoms with van der Waals surface area (Å²) in [5.41, 5.74) is 7.12. The molecule has 2 aromatic carbocycles. The molecule has 2 aliphatic heterocycles. The van der Waals surface area contributed by atoms with Crippen LogP contribution in [-0.4, -0.2) is 20.9 Å². The Morgan fingerprint density at radius 3 is 1.41 bits per heavy atom. The van der Waals surface area contributed by atoms with E-state index in [9.17, 15) is 9.59 Å². The van der Waals surface area contributed by atoms with E-state index in [-0.39, 0.29) is 11.8 Å². The fraction of sp³-hybridized carbons (Fsp3) is 0.357. The van der Waals surface area contributed by atoms with Gasteiger partial charge in [0.15, 0.2) is 0 Å². The summed E-state index contributed by atoms with van der Waals surface area (Å²) in [7, 11) is 0. The van der Waals surface area contributed by atoms with Crippen molar-refractivity contribution >= 4 is 33.6 Å². The van der Waals surface area contributed by atoms with Crippen LogP contribution in [0.4, 0.5) is 0 Å². The summed E-state index contributed by atoms with van der Waals surface area (Å²) >= 11 is 0. The largest absolute Gasteiger partial charge is 0.284 e. The third kappa shape index (κ3) is 3.21. The summed E-state index contributed by atoms with van der Waals surface area (Å²) in [6.07, 6.45) is 3.38. The molecule has 0 saturated heterocycles. The van der Waals surface area contributed by atoms with E-state index in [2.05, 4.69) is 39.8 Å². The van der Waals surface area contributed by atoms with Gasteiger partial charge in [-0.05, 0) is 61.8 Å². The number of nitrogens with zero attached hydrogens (tertiary/aromatic N) is 2. The number of para-hydroxylation sites is 2. The average molecular weight is 427 g/mol. The molecule has 4 nitrogen and oxygen atoms in total. The second kappa shape index (κ2) is 7.77. The second-order valence-electron chi connectivity index (χ2n) is 9.66. The molecular formula is C28H30N2O2. The molecule has 0 unspecified atom stereocenters. The van der Waals surface area contributed by atoms with Crippen LogP contribution in [0.5, 0.6) is 0 Å². The number of carbonyl (C=O) groups is 2. The Bertz CT molecular complexity index is 1270. The first-order valence-corrected chi connectivity index (χ1v) is 11.6. The minimum atomic E-state index is 0.248. The summed E-state index contributed by atoms with van der Waals surface area (Å²) in [6.45, 7) is 8.55. The quantitative estimate of drug-likeness (QED) is 0.329. The van der Waals surface area contributed by atoms with Gasteiger partial charge in [-0.2, -0.15) is 0 Å². The van der Waals surface area contributed by atoms with Crippen molar-refractivity contribution < 1.29 is 9.59 Å². The van der Waals surface area contributed by atoms with Crippen LogP contribution >= 0.6 is 0 Å². The van der Waals surface area contributed by atoms with Crippen molar-refractivity contribution in [1.29, 1.82) is 0 Å². The molecule has 0 fully saturated rings. The van der Waals surface area contributed by atoms with E-state index < -0.39 is 0 Å². The molecule has 0 saturated carbocycles. The highest BCUT2D eigenvalue weighted by molar-refractivity contribution is 5.97. The smallest absolute Gasteiger partial charge is 0.231 e. The standard InChI is InChI=1S/2C14H15NO/c2*1-9-7-13-10(2)11-5-3-4-6-12(11)15(13)14(16)8-9/h2*3-6,9H,7-8H2,1-2H3/t2*9-/m10/s1. The Morgan fingerprint density at radius 1 is 0.625 bits per heavy atom. The molecule has 2 aliphatic rings. The Labute approximate surface area is 188 Å². The third-order valence-electron chi connectivity index (χ3n) is 7.13. The van der Waals surface area contributed by atoms with Crippen LogP contribution in [0.15, 0.2) is 48.5 Å². The van der Waals surface area contributed by atoms with E-state index in [1.807, 2.05) is 45.5 Å². The van der Waals surface area contributed by atoms with Crippen LogP contribution in [-0.2, 0) is 12.8 Å². The maximum absolute atomic E-state index is 12.1. The number of carbonyl (C=O) groups excluding carboxylic acids is 2. The highest BCUT2D eigenvalue weighted by Crippen LogP contribution is 2.33. The lowest BCUT2D eigenvalue weighted by atomic mass is 9.96. The van der Waals surface area contributed by atoms with Gasteiger partial charge < -0.3 is 0 Å². The normalized spacial score (nSPS) is 20.1. The van der Waals surface area contributed by atoms with E-state index in [1.165, 1.54) is 33.3 Å². The number of benzene rings is 2. The van der Waals surface area contributed by atoms with Crippen LogP contribution in [0.1, 0.15) is 58.8 Å². The molecule has 0 N–H and O–H groups in total. The van der Waals surface area contributed by atoms with Gasteiger partial charge in [-0.15, -0.1) is 0 Å². The molecule has 32 heavy (non-hydrogen) atoms. The molecule has 0 aliphatic carbocycles. The summed E-state index contributed by atoms with van der Waals surface area (Å²) < 4.78 is 3.84. The Hall–Kier alpha value is -3.14. The lowest BCUT2D eigenvalue weighted by molar-refractivity contribution is 0.0856. The number of hydrogen-bond donors (Lipinski definition) is 0. The second-order valence-corrected chi connectivity index (χ2v) is 9.66. The lowest BCUT2D eigenvalue weighted by Gasteiger charge is -2.20. The maximum Gasteiger partial charge on any atom is 0.231 e. The zero-order valence-electron chi connectivity index (χ0n) is 19.3. The number of aromatic nitrogens is 2. The van der Waals surface area contributed by atoms with Gasteiger partial charge in [0, 0.05) is 35.0 Å². The van der Waals surface area contributed by atoms with Gasteiger partial charge in [-0.25, -0.2) is 0 Å². The van der Waals surface area contributed by atoms with E-state index in [0.29, 0.717) is 24.7 Å². The molecule has 0 radical (unpaired) electrons. The number of rotatable bonds is 0. The average Bonchev–Trinajstić information content (AvgIpc) is 3.21. The van der Waals surface area contributed by atoms with Crippen molar-refractivity contribution in [2.75, 3.05) is 0 Å². The van der Waals surface area contributed by atoms with Gasteiger partial charge in [-0.1, -0.05) is 50.2 Å². The van der Waals surface area contributed by atoms with Crippen molar-refractivity contribution in [3.63, 3.8) is 0 Å². The first-order chi connectivity index (χ1) is 15.4. The fourth-order valence-electron chi connectivity index (χ4n) is 5.55. The molecule has 2 aromatic heterocycles. The topological polar surface area (TPSA) is 44.0 Å². The Morgan fingerprint density at radius 2 is 1.00 bits per heavy atom. The van der Waals surface area contributed by atoms with Crippen LogP contribution in [0.3, 0.4) is 0 Å². The molecular weight excluding hydrogens is 396 g/mol. The minimum absolute atomic E-state index is 0.248. The lowest BCUT2D eigenvalue weighted by Crippen LogP contribution is -2.24. The summed E-state index contributed by atoms with van der Waals surface area (Å²) in [5, 5.41) is 2.44. The van der Waals surface area contributed by atoms with Gasteiger partial charge in [-0.3, -0.25) is 18.7 Å². The van der Waals surface area contributed by atoms with Gasteiger partial charge >= 0.3 is 0 Å². The zero-order valence-corrected chi connectivity index (χ0v) is 19.3. The predicted molar refractivity (Wildman–Crippen MR) is 130 cm³/mol. The zero-order chi connectivity index (χ0) is 22.6. The molecule has 0 bridgehead atoms. The highest BCUT2D eigenvalue weighted by atomic mass is 16.2. The van der Waals surface area contributed by atoms with E-state index in [0.717, 1.165) is 23.9 Å². The Kier molecular flexibility index (Phi) is 5.04. The van der Waals surface area contributed by atoms with E-state index in [1.54, 1.807) is 0 Å². The van der Waals surface area contributed by atoms with Gasteiger partial charge in [0.05, 0.1) is 11.0 Å². The van der Waals surface area contributed by atoms with Crippen molar-refractivity contribution in [3.05, 3.63) is 71.0 Å². The van der Waals surface area contributed by atoms with Crippen molar-refractivity contribution in [1.82, 2.24) is 9.13 Å². The summed E-state index contributed by atoms with van der Waals surface area (Å²) in [6, 6.07) is 16.4. The van der Waals surface area contributed by atoms with Gasteiger partial charge in [0.25, 0.3) is 0 Å².